The normalized spacial score (nSPS) is 16.9. The van der Waals surface area contributed by atoms with Crippen molar-refractivity contribution >= 4 is 5.97 Å². The summed E-state index contributed by atoms with van der Waals surface area (Å²) >= 11 is 0. The topological polar surface area (TPSA) is 37.3 Å². The Morgan fingerprint density at radius 3 is 2.61 bits per heavy atom. The van der Waals surface area contributed by atoms with Gasteiger partial charge in [0.25, 0.3) is 0 Å². The number of carboxylic acids is 1. The van der Waals surface area contributed by atoms with E-state index in [1.165, 1.54) is 18.4 Å². The van der Waals surface area contributed by atoms with Crippen LogP contribution in [-0.4, -0.2) is 11.1 Å². The molecule has 18 heavy (non-hydrogen) atoms. The quantitative estimate of drug-likeness (QED) is 0.743. The summed E-state index contributed by atoms with van der Waals surface area (Å²) in [5, 5.41) is 9.13. The highest BCUT2D eigenvalue weighted by Crippen LogP contribution is 2.36. The van der Waals surface area contributed by atoms with E-state index in [4.69, 9.17) is 5.11 Å². The van der Waals surface area contributed by atoms with Crippen molar-refractivity contribution in [3.63, 3.8) is 0 Å². The highest BCUT2D eigenvalue weighted by molar-refractivity contribution is 5.70. The lowest BCUT2D eigenvalue weighted by Gasteiger charge is -2.08. The van der Waals surface area contributed by atoms with Crippen LogP contribution >= 0.6 is 0 Å². The smallest absolute Gasteiger partial charge is 0.306 e. The number of allylic oxidation sites excluding steroid dienone is 2. The molecule has 1 atom stereocenters. The van der Waals surface area contributed by atoms with Crippen molar-refractivity contribution in [2.24, 2.45) is 11.8 Å². The molecule has 1 aliphatic carbocycles. The number of hydrogen-bond acceptors (Lipinski definition) is 1. The number of hydrogen-bond donors (Lipinski definition) is 1. The second-order valence-electron chi connectivity index (χ2n) is 5.11. The van der Waals surface area contributed by atoms with Crippen LogP contribution in [0, 0.1) is 11.8 Å². The van der Waals surface area contributed by atoms with Crippen molar-refractivity contribution in [3.05, 3.63) is 48.0 Å². The summed E-state index contributed by atoms with van der Waals surface area (Å²) in [6, 6.07) is 10.2. The van der Waals surface area contributed by atoms with Gasteiger partial charge in [-0.05, 0) is 30.7 Å². The highest BCUT2D eigenvalue weighted by Gasteiger charge is 2.28. The van der Waals surface area contributed by atoms with Gasteiger partial charge < -0.3 is 5.11 Å². The summed E-state index contributed by atoms with van der Waals surface area (Å²) in [5.74, 6) is -0.163. The SMILES string of the molecule is O=C(O)[C@@H](CC=CCc1ccccc1)CC1CC1. The lowest BCUT2D eigenvalue weighted by Crippen LogP contribution is -2.13. The molecule has 1 aromatic rings. The number of benzene rings is 1. The molecule has 2 rings (SSSR count). The van der Waals surface area contributed by atoms with Crippen molar-refractivity contribution in [2.75, 3.05) is 0 Å². The first-order valence-corrected chi connectivity index (χ1v) is 6.67. The number of rotatable bonds is 7. The minimum Gasteiger partial charge on any atom is -0.481 e. The average Bonchev–Trinajstić information content (AvgIpc) is 3.18. The van der Waals surface area contributed by atoms with Crippen molar-refractivity contribution in [3.8, 4) is 0 Å². The van der Waals surface area contributed by atoms with E-state index >= 15 is 0 Å². The predicted molar refractivity (Wildman–Crippen MR) is 72.4 cm³/mol. The van der Waals surface area contributed by atoms with E-state index < -0.39 is 5.97 Å². The molecular formula is C16H20O2. The summed E-state index contributed by atoms with van der Waals surface area (Å²) in [6.07, 6.45) is 8.95. The van der Waals surface area contributed by atoms with Gasteiger partial charge in [0.05, 0.1) is 5.92 Å². The Labute approximate surface area is 108 Å². The Kier molecular flexibility index (Phi) is 4.57. The van der Waals surface area contributed by atoms with Gasteiger partial charge in [-0.2, -0.15) is 0 Å². The van der Waals surface area contributed by atoms with E-state index in [-0.39, 0.29) is 5.92 Å². The molecule has 0 heterocycles. The second kappa shape index (κ2) is 6.39. The molecule has 1 N–H and O–H groups in total. The Balaban J connectivity index is 1.76. The molecule has 1 aliphatic rings. The van der Waals surface area contributed by atoms with Crippen molar-refractivity contribution in [1.82, 2.24) is 0 Å². The molecule has 0 amide bonds. The maximum absolute atomic E-state index is 11.1. The minimum atomic E-state index is -0.647. The van der Waals surface area contributed by atoms with Crippen LogP contribution in [0.5, 0.6) is 0 Å². The lowest BCUT2D eigenvalue weighted by atomic mass is 9.98. The van der Waals surface area contributed by atoms with Gasteiger partial charge >= 0.3 is 5.97 Å². The first-order valence-electron chi connectivity index (χ1n) is 6.67. The molecule has 0 bridgehead atoms. The van der Waals surface area contributed by atoms with Gasteiger partial charge in [-0.3, -0.25) is 4.79 Å². The van der Waals surface area contributed by atoms with E-state index in [0.29, 0.717) is 12.3 Å². The maximum Gasteiger partial charge on any atom is 0.306 e. The summed E-state index contributed by atoms with van der Waals surface area (Å²) < 4.78 is 0. The summed E-state index contributed by atoms with van der Waals surface area (Å²) in [4.78, 5) is 11.1. The third-order valence-electron chi connectivity index (χ3n) is 3.45. The van der Waals surface area contributed by atoms with Gasteiger partial charge in [0.15, 0.2) is 0 Å². The molecule has 0 unspecified atom stereocenters. The van der Waals surface area contributed by atoms with Crippen molar-refractivity contribution in [1.29, 1.82) is 0 Å². The third-order valence-corrected chi connectivity index (χ3v) is 3.45. The standard InChI is InChI=1S/C16H20O2/c17-16(18)15(12-14-10-11-14)9-5-4-8-13-6-2-1-3-7-13/h1-7,14-15H,8-12H2,(H,17,18)/t15-/m0/s1. The molecule has 1 aromatic carbocycles. The summed E-state index contributed by atoms with van der Waals surface area (Å²) in [6.45, 7) is 0. The molecule has 2 nitrogen and oxygen atoms in total. The van der Waals surface area contributed by atoms with Crippen molar-refractivity contribution in [2.45, 2.75) is 32.1 Å². The second-order valence-corrected chi connectivity index (χ2v) is 5.11. The predicted octanol–water partition coefficient (Wildman–Crippen LogP) is 3.68. The molecule has 0 aromatic heterocycles. The fourth-order valence-corrected chi connectivity index (χ4v) is 2.15. The molecule has 2 heteroatoms. The molecule has 1 fully saturated rings. The number of carbonyl (C=O) groups is 1. The molecule has 0 radical (unpaired) electrons. The van der Waals surface area contributed by atoms with E-state index in [0.717, 1.165) is 12.8 Å². The zero-order valence-electron chi connectivity index (χ0n) is 10.6. The van der Waals surface area contributed by atoms with Gasteiger partial charge in [0.1, 0.15) is 0 Å². The Morgan fingerprint density at radius 1 is 1.28 bits per heavy atom. The zero-order chi connectivity index (χ0) is 12.8. The first-order chi connectivity index (χ1) is 8.75. The third kappa shape index (κ3) is 4.36. The number of carboxylic acid groups (broad SMARTS) is 1. The average molecular weight is 244 g/mol. The van der Waals surface area contributed by atoms with E-state index in [2.05, 4.69) is 18.2 Å². The summed E-state index contributed by atoms with van der Waals surface area (Å²) in [7, 11) is 0. The molecule has 0 aliphatic heterocycles. The Hall–Kier alpha value is -1.57. The minimum absolute atomic E-state index is 0.190. The van der Waals surface area contributed by atoms with Crippen LogP contribution < -0.4 is 0 Å². The molecule has 96 valence electrons. The van der Waals surface area contributed by atoms with Crippen LogP contribution in [0.3, 0.4) is 0 Å². The van der Waals surface area contributed by atoms with Gasteiger partial charge in [0.2, 0.25) is 0 Å². The maximum atomic E-state index is 11.1. The lowest BCUT2D eigenvalue weighted by molar-refractivity contribution is -0.142. The van der Waals surface area contributed by atoms with E-state index in [1.54, 1.807) is 0 Å². The number of aliphatic carboxylic acids is 1. The van der Waals surface area contributed by atoms with Gasteiger partial charge in [-0.1, -0.05) is 55.3 Å². The highest BCUT2D eigenvalue weighted by atomic mass is 16.4. The van der Waals surface area contributed by atoms with Crippen LogP contribution in [0.4, 0.5) is 0 Å². The van der Waals surface area contributed by atoms with Gasteiger partial charge in [-0.15, -0.1) is 0 Å². The molecule has 0 spiro atoms. The van der Waals surface area contributed by atoms with Crippen LogP contribution in [0.1, 0.15) is 31.2 Å². The fraction of sp³-hybridized carbons (Fsp3) is 0.438. The Bertz CT molecular complexity index is 404. The van der Waals surface area contributed by atoms with Crippen LogP contribution in [0.2, 0.25) is 0 Å². The van der Waals surface area contributed by atoms with E-state index in [9.17, 15) is 4.79 Å². The first kappa shape index (κ1) is 12.9. The molecule has 0 saturated heterocycles. The molecule has 1 saturated carbocycles. The van der Waals surface area contributed by atoms with Crippen molar-refractivity contribution < 1.29 is 9.90 Å². The zero-order valence-corrected chi connectivity index (χ0v) is 10.6. The monoisotopic (exact) mass is 244 g/mol. The van der Waals surface area contributed by atoms with E-state index in [1.807, 2.05) is 24.3 Å². The molecular weight excluding hydrogens is 224 g/mol. The van der Waals surface area contributed by atoms with Crippen LogP contribution in [-0.2, 0) is 11.2 Å². The Morgan fingerprint density at radius 2 is 2.00 bits per heavy atom. The van der Waals surface area contributed by atoms with Crippen LogP contribution in [0.15, 0.2) is 42.5 Å². The van der Waals surface area contributed by atoms with Crippen LogP contribution in [0.25, 0.3) is 0 Å². The summed E-state index contributed by atoms with van der Waals surface area (Å²) in [5.41, 5.74) is 1.27. The van der Waals surface area contributed by atoms with Gasteiger partial charge in [0, 0.05) is 0 Å². The largest absolute Gasteiger partial charge is 0.481 e. The fourth-order valence-electron chi connectivity index (χ4n) is 2.15. The van der Waals surface area contributed by atoms with Gasteiger partial charge in [-0.25, -0.2) is 0 Å².